The van der Waals surface area contributed by atoms with Gasteiger partial charge in [-0.25, -0.2) is 0 Å². The predicted molar refractivity (Wildman–Crippen MR) is 93.1 cm³/mol. The van der Waals surface area contributed by atoms with Crippen molar-refractivity contribution in [2.45, 2.75) is 6.92 Å². The molecule has 0 saturated carbocycles. The molecule has 8 nitrogen and oxygen atoms in total. The fourth-order valence-corrected chi connectivity index (χ4v) is 2.12. The van der Waals surface area contributed by atoms with E-state index in [1.165, 1.54) is 37.4 Å². The normalized spacial score (nSPS) is 10.0. The van der Waals surface area contributed by atoms with Gasteiger partial charge in [-0.1, -0.05) is 11.6 Å². The third-order valence-corrected chi connectivity index (χ3v) is 3.68. The molecule has 0 unspecified atom stereocenters. The van der Waals surface area contributed by atoms with Crippen molar-refractivity contribution in [3.05, 3.63) is 57.1 Å². The number of carbonyl (C=O) groups is 2. The van der Waals surface area contributed by atoms with Crippen molar-refractivity contribution in [2.24, 2.45) is 0 Å². The fourth-order valence-electron chi connectivity index (χ4n) is 1.96. The summed E-state index contributed by atoms with van der Waals surface area (Å²) in [6, 6.07) is 8.21. The van der Waals surface area contributed by atoms with Gasteiger partial charge in [0.25, 0.3) is 5.69 Å². The van der Waals surface area contributed by atoms with E-state index < -0.39 is 16.7 Å². The van der Waals surface area contributed by atoms with E-state index in [9.17, 15) is 19.7 Å². The molecule has 0 aliphatic rings. The molecule has 0 fully saturated rings. The number of carbonyl (C=O) groups excluding carboxylic acids is 2. The van der Waals surface area contributed by atoms with E-state index in [4.69, 9.17) is 16.3 Å². The Morgan fingerprint density at radius 1 is 1.12 bits per heavy atom. The number of anilines is 2. The first-order valence-electron chi connectivity index (χ1n) is 7.02. The summed E-state index contributed by atoms with van der Waals surface area (Å²) in [6.45, 7) is 1.74. The van der Waals surface area contributed by atoms with Crippen LogP contribution in [0.3, 0.4) is 0 Å². The first-order chi connectivity index (χ1) is 11.8. The standard InChI is InChI=1S/C16H14ClN3O5/c1-9-7-13(14(25-2)8-12(9)17)19-16(22)15(21)18-10-3-5-11(6-4-10)20(23)24/h3-8H,1-2H3,(H,18,21)(H,19,22). The van der Waals surface area contributed by atoms with Crippen molar-refractivity contribution in [1.29, 1.82) is 0 Å². The molecule has 2 rings (SSSR count). The Morgan fingerprint density at radius 2 is 1.72 bits per heavy atom. The van der Waals surface area contributed by atoms with E-state index >= 15 is 0 Å². The second-order valence-electron chi connectivity index (χ2n) is 5.01. The Kier molecular flexibility index (Phi) is 5.56. The summed E-state index contributed by atoms with van der Waals surface area (Å²) in [5.74, 6) is -1.53. The molecule has 0 aromatic heterocycles. The lowest BCUT2D eigenvalue weighted by atomic mass is 10.2. The van der Waals surface area contributed by atoms with E-state index in [-0.39, 0.29) is 11.4 Å². The molecular formula is C16H14ClN3O5. The molecule has 0 saturated heterocycles. The van der Waals surface area contributed by atoms with Gasteiger partial charge in [0.1, 0.15) is 5.75 Å². The largest absolute Gasteiger partial charge is 0.495 e. The Morgan fingerprint density at radius 3 is 2.28 bits per heavy atom. The Hall–Kier alpha value is -3.13. The molecule has 0 aliphatic carbocycles. The first-order valence-corrected chi connectivity index (χ1v) is 7.40. The van der Waals surface area contributed by atoms with Gasteiger partial charge in [-0.2, -0.15) is 0 Å². The van der Waals surface area contributed by atoms with Crippen LogP contribution in [0.4, 0.5) is 17.1 Å². The SMILES string of the molecule is COc1cc(Cl)c(C)cc1NC(=O)C(=O)Nc1ccc([N+](=O)[O-])cc1. The Balaban J connectivity index is 2.09. The van der Waals surface area contributed by atoms with Gasteiger partial charge in [0.15, 0.2) is 0 Å². The van der Waals surface area contributed by atoms with Crippen LogP contribution in [-0.2, 0) is 9.59 Å². The number of ether oxygens (including phenoxy) is 1. The summed E-state index contributed by atoms with van der Waals surface area (Å²) in [6.07, 6.45) is 0. The summed E-state index contributed by atoms with van der Waals surface area (Å²) in [5.41, 5.74) is 1.13. The zero-order valence-corrected chi connectivity index (χ0v) is 14.1. The van der Waals surface area contributed by atoms with Gasteiger partial charge in [-0.3, -0.25) is 19.7 Å². The van der Waals surface area contributed by atoms with Crippen LogP contribution >= 0.6 is 11.6 Å². The molecule has 130 valence electrons. The van der Waals surface area contributed by atoms with E-state index in [1.54, 1.807) is 13.0 Å². The lowest BCUT2D eigenvalue weighted by Crippen LogP contribution is -2.29. The second-order valence-corrected chi connectivity index (χ2v) is 5.42. The average molecular weight is 364 g/mol. The van der Waals surface area contributed by atoms with Gasteiger partial charge in [0, 0.05) is 28.9 Å². The van der Waals surface area contributed by atoms with Gasteiger partial charge < -0.3 is 15.4 Å². The van der Waals surface area contributed by atoms with Gasteiger partial charge in [-0.05, 0) is 30.7 Å². The van der Waals surface area contributed by atoms with Gasteiger partial charge in [0.05, 0.1) is 17.7 Å². The summed E-state index contributed by atoms with van der Waals surface area (Å²) >= 11 is 5.99. The average Bonchev–Trinajstić information content (AvgIpc) is 2.58. The molecule has 0 bridgehead atoms. The summed E-state index contributed by atoms with van der Waals surface area (Å²) in [5, 5.41) is 15.8. The van der Waals surface area contributed by atoms with Crippen LogP contribution in [0.2, 0.25) is 5.02 Å². The number of methoxy groups -OCH3 is 1. The van der Waals surface area contributed by atoms with Crippen LogP contribution in [0.15, 0.2) is 36.4 Å². The van der Waals surface area contributed by atoms with Crippen LogP contribution in [0.5, 0.6) is 5.75 Å². The highest BCUT2D eigenvalue weighted by atomic mass is 35.5. The zero-order chi connectivity index (χ0) is 18.6. The molecule has 2 N–H and O–H groups in total. The number of hydrogen-bond acceptors (Lipinski definition) is 5. The number of nitro benzene ring substituents is 1. The number of benzene rings is 2. The maximum Gasteiger partial charge on any atom is 0.314 e. The molecule has 0 radical (unpaired) electrons. The van der Waals surface area contributed by atoms with Gasteiger partial charge in [-0.15, -0.1) is 0 Å². The Bertz CT molecular complexity index is 836. The maximum atomic E-state index is 12.0. The quantitative estimate of drug-likeness (QED) is 0.492. The van der Waals surface area contributed by atoms with Crippen LogP contribution in [-0.4, -0.2) is 23.8 Å². The van der Waals surface area contributed by atoms with E-state index in [0.717, 1.165) is 0 Å². The lowest BCUT2D eigenvalue weighted by molar-refractivity contribution is -0.384. The van der Waals surface area contributed by atoms with Crippen LogP contribution in [0.1, 0.15) is 5.56 Å². The minimum Gasteiger partial charge on any atom is -0.495 e. The number of nitro groups is 1. The second kappa shape index (κ2) is 7.63. The smallest absolute Gasteiger partial charge is 0.314 e. The van der Waals surface area contributed by atoms with Gasteiger partial charge >= 0.3 is 11.8 Å². The van der Waals surface area contributed by atoms with E-state index in [2.05, 4.69) is 10.6 Å². The maximum absolute atomic E-state index is 12.0. The first kappa shape index (κ1) is 18.2. The molecule has 0 spiro atoms. The molecule has 0 aliphatic heterocycles. The Labute approximate surface area is 147 Å². The van der Waals surface area contributed by atoms with Crippen LogP contribution in [0, 0.1) is 17.0 Å². The van der Waals surface area contributed by atoms with Crippen molar-refractivity contribution in [1.82, 2.24) is 0 Å². The minimum atomic E-state index is -0.927. The lowest BCUT2D eigenvalue weighted by Gasteiger charge is -2.12. The predicted octanol–water partition coefficient (Wildman–Crippen LogP) is 3.14. The molecule has 9 heteroatoms. The number of halogens is 1. The third kappa shape index (κ3) is 4.45. The van der Waals surface area contributed by atoms with Crippen LogP contribution < -0.4 is 15.4 Å². The summed E-state index contributed by atoms with van der Waals surface area (Å²) < 4.78 is 5.12. The van der Waals surface area contributed by atoms with Crippen molar-refractivity contribution in [3.63, 3.8) is 0 Å². The molecule has 25 heavy (non-hydrogen) atoms. The number of amides is 2. The molecular weight excluding hydrogens is 350 g/mol. The monoisotopic (exact) mass is 363 g/mol. The molecule has 0 atom stereocenters. The van der Waals surface area contributed by atoms with E-state index in [0.29, 0.717) is 22.0 Å². The summed E-state index contributed by atoms with van der Waals surface area (Å²) in [4.78, 5) is 34.0. The van der Waals surface area contributed by atoms with Crippen LogP contribution in [0.25, 0.3) is 0 Å². The van der Waals surface area contributed by atoms with Crippen molar-refractivity contribution >= 4 is 40.5 Å². The van der Waals surface area contributed by atoms with Crippen molar-refractivity contribution < 1.29 is 19.2 Å². The topological polar surface area (TPSA) is 111 Å². The highest BCUT2D eigenvalue weighted by Gasteiger charge is 2.17. The third-order valence-electron chi connectivity index (χ3n) is 3.27. The molecule has 2 aromatic rings. The van der Waals surface area contributed by atoms with Crippen molar-refractivity contribution in [3.8, 4) is 5.75 Å². The minimum absolute atomic E-state index is 0.121. The zero-order valence-electron chi connectivity index (χ0n) is 13.3. The number of aryl methyl sites for hydroxylation is 1. The fraction of sp³-hybridized carbons (Fsp3) is 0.125. The van der Waals surface area contributed by atoms with Crippen molar-refractivity contribution in [2.75, 3.05) is 17.7 Å². The highest BCUT2D eigenvalue weighted by molar-refractivity contribution is 6.43. The summed E-state index contributed by atoms with van der Waals surface area (Å²) in [7, 11) is 1.41. The van der Waals surface area contributed by atoms with E-state index in [1.807, 2.05) is 0 Å². The highest BCUT2D eigenvalue weighted by Crippen LogP contribution is 2.30. The van der Waals surface area contributed by atoms with Gasteiger partial charge in [0.2, 0.25) is 0 Å². The molecule has 2 amide bonds. The molecule has 2 aromatic carbocycles. The number of hydrogen-bond donors (Lipinski definition) is 2. The number of nitrogens with zero attached hydrogens (tertiary/aromatic N) is 1. The number of nitrogens with one attached hydrogen (secondary N) is 2. The number of non-ortho nitro benzene ring substituents is 1. The number of rotatable bonds is 4. The molecule has 0 heterocycles.